The lowest BCUT2D eigenvalue weighted by Gasteiger charge is -2.24. The van der Waals surface area contributed by atoms with Gasteiger partial charge in [-0.25, -0.2) is 0 Å². The number of fused-ring (bicyclic) bond motifs is 5. The Morgan fingerprint density at radius 1 is 0.842 bits per heavy atom. The number of benzene rings is 4. The third-order valence-electron chi connectivity index (χ3n) is 6.43. The summed E-state index contributed by atoms with van der Waals surface area (Å²) >= 11 is 0. The van der Waals surface area contributed by atoms with Crippen LogP contribution in [0.25, 0.3) is 27.1 Å². The fourth-order valence-electron chi connectivity index (χ4n) is 4.62. The van der Waals surface area contributed by atoms with Crippen LogP contribution in [-0.2, 0) is 26.1 Å². The maximum Gasteiger partial charge on any atom is 0.294 e. The monoisotopic (exact) mass is 527 g/mol. The second-order valence-electron chi connectivity index (χ2n) is 9.29. The molecule has 2 aliphatic carbocycles. The van der Waals surface area contributed by atoms with Gasteiger partial charge in [0.1, 0.15) is 0 Å². The first-order chi connectivity index (χ1) is 18.2. The van der Waals surface area contributed by atoms with Crippen LogP contribution in [-0.4, -0.2) is 44.2 Å². The Labute approximate surface area is 222 Å². The Morgan fingerprint density at radius 3 is 2.16 bits per heavy atom. The fraction of sp³-hybridized carbons (Fsp3) is 0.161. The summed E-state index contributed by atoms with van der Waals surface area (Å²) in [5.41, 5.74) is 4.84. The molecule has 0 saturated carbocycles. The number of ketones is 1. The van der Waals surface area contributed by atoms with Gasteiger partial charge in [-0.2, -0.15) is 8.42 Å². The van der Waals surface area contributed by atoms with Gasteiger partial charge < -0.3 is 4.90 Å². The first-order valence-electron chi connectivity index (χ1n) is 12.2. The van der Waals surface area contributed by atoms with Crippen molar-refractivity contribution in [3.63, 3.8) is 0 Å². The predicted molar refractivity (Wildman–Crippen MR) is 151 cm³/mol. The SMILES string of the molecule is CN(C)C=O.O=C1CC=CC2=C1CCc1c2ccc2ccccc12.O=S(=O)(O)c1ccc2ccccc2c1. The fourth-order valence-corrected chi connectivity index (χ4v) is 5.14. The van der Waals surface area contributed by atoms with Crippen LogP contribution in [0.5, 0.6) is 0 Å². The number of hydrogen-bond donors (Lipinski definition) is 1. The summed E-state index contributed by atoms with van der Waals surface area (Å²) in [4.78, 5) is 22.8. The van der Waals surface area contributed by atoms with E-state index in [1.165, 1.54) is 38.9 Å². The lowest BCUT2D eigenvalue weighted by Crippen LogP contribution is -2.14. The van der Waals surface area contributed by atoms with E-state index in [1.807, 2.05) is 24.3 Å². The van der Waals surface area contributed by atoms with Crippen LogP contribution in [0.3, 0.4) is 0 Å². The van der Waals surface area contributed by atoms with E-state index in [-0.39, 0.29) is 4.90 Å². The number of amides is 1. The first-order valence-corrected chi connectivity index (χ1v) is 13.6. The molecule has 4 aromatic carbocycles. The summed E-state index contributed by atoms with van der Waals surface area (Å²) < 4.78 is 30.5. The highest BCUT2D eigenvalue weighted by Gasteiger charge is 2.24. The summed E-state index contributed by atoms with van der Waals surface area (Å²) in [5.74, 6) is 0.302. The largest absolute Gasteiger partial charge is 0.351 e. The van der Waals surface area contributed by atoms with Gasteiger partial charge in [0.15, 0.2) is 5.78 Å². The van der Waals surface area contributed by atoms with Crippen LogP contribution in [0, 0.1) is 0 Å². The average molecular weight is 528 g/mol. The maximum absolute atomic E-state index is 12.0. The molecule has 38 heavy (non-hydrogen) atoms. The zero-order valence-electron chi connectivity index (χ0n) is 21.3. The molecule has 6 rings (SSSR count). The normalized spacial score (nSPS) is 14.0. The highest BCUT2D eigenvalue weighted by atomic mass is 32.2. The van der Waals surface area contributed by atoms with Gasteiger partial charge in [-0.3, -0.25) is 14.1 Å². The molecule has 0 fully saturated rings. The summed E-state index contributed by atoms with van der Waals surface area (Å²) in [6.45, 7) is 0. The molecule has 0 atom stereocenters. The van der Waals surface area contributed by atoms with Crippen molar-refractivity contribution in [2.45, 2.75) is 24.2 Å². The number of allylic oxidation sites excluding steroid dienone is 4. The molecular weight excluding hydrogens is 498 g/mol. The van der Waals surface area contributed by atoms with Gasteiger partial charge in [0.25, 0.3) is 10.1 Å². The van der Waals surface area contributed by atoms with Crippen molar-refractivity contribution < 1.29 is 22.6 Å². The van der Waals surface area contributed by atoms with Crippen LogP contribution in [0.2, 0.25) is 0 Å². The Bertz CT molecular complexity index is 1680. The minimum atomic E-state index is -4.09. The van der Waals surface area contributed by atoms with E-state index in [2.05, 4.69) is 42.5 Å². The Morgan fingerprint density at radius 2 is 1.47 bits per heavy atom. The molecule has 7 heteroatoms. The molecule has 0 heterocycles. The van der Waals surface area contributed by atoms with Crippen LogP contribution < -0.4 is 0 Å². The zero-order valence-corrected chi connectivity index (χ0v) is 22.1. The van der Waals surface area contributed by atoms with E-state index in [1.54, 1.807) is 26.2 Å². The molecule has 0 spiro atoms. The molecular formula is C31H29NO5S. The zero-order chi connectivity index (χ0) is 27.3. The van der Waals surface area contributed by atoms with Crippen molar-refractivity contribution in [1.29, 1.82) is 0 Å². The maximum atomic E-state index is 12.0. The van der Waals surface area contributed by atoms with Gasteiger partial charge in [0.05, 0.1) is 4.90 Å². The number of rotatable bonds is 2. The quantitative estimate of drug-likeness (QED) is 0.260. The smallest absolute Gasteiger partial charge is 0.294 e. The molecule has 4 aromatic rings. The average Bonchev–Trinajstić information content (AvgIpc) is 2.93. The molecule has 1 amide bonds. The minimum absolute atomic E-state index is 0.0730. The molecule has 1 N–H and O–H groups in total. The number of carbonyl (C=O) groups is 2. The third kappa shape index (κ3) is 6.07. The molecule has 194 valence electrons. The van der Waals surface area contributed by atoms with E-state index in [0.717, 1.165) is 41.2 Å². The lowest BCUT2D eigenvalue weighted by molar-refractivity contribution is -0.116. The molecule has 2 aliphatic rings. The molecule has 0 saturated heterocycles. The predicted octanol–water partition coefficient (Wildman–Crippen LogP) is 5.86. The Hall–Kier alpha value is -4.07. The molecule has 0 aromatic heterocycles. The molecule has 0 bridgehead atoms. The van der Waals surface area contributed by atoms with Gasteiger partial charge in [0.2, 0.25) is 6.41 Å². The van der Waals surface area contributed by atoms with Gasteiger partial charge in [-0.15, -0.1) is 0 Å². The van der Waals surface area contributed by atoms with E-state index >= 15 is 0 Å². The van der Waals surface area contributed by atoms with Crippen LogP contribution in [0.15, 0.2) is 101 Å². The third-order valence-corrected chi connectivity index (χ3v) is 7.28. The molecule has 6 nitrogen and oxygen atoms in total. The minimum Gasteiger partial charge on any atom is -0.351 e. The van der Waals surface area contributed by atoms with Crippen LogP contribution >= 0.6 is 0 Å². The topological polar surface area (TPSA) is 91.8 Å². The van der Waals surface area contributed by atoms with Crippen molar-refractivity contribution in [3.8, 4) is 0 Å². The van der Waals surface area contributed by atoms with Crippen molar-refractivity contribution in [2.75, 3.05) is 14.1 Å². The van der Waals surface area contributed by atoms with Gasteiger partial charge in [-0.05, 0) is 63.2 Å². The van der Waals surface area contributed by atoms with Gasteiger partial charge >= 0.3 is 0 Å². The van der Waals surface area contributed by atoms with E-state index < -0.39 is 10.1 Å². The molecule has 0 aliphatic heterocycles. The standard InChI is InChI=1S/C18H14O.C10H8O3S.C3H7NO/c19-18-7-3-6-14-16-9-8-12-4-1-2-5-13(12)15(16)10-11-17(14)18;11-14(12,13)10-6-5-8-3-1-2-4-9(8)7-10;1-4(2)3-5/h1-6,8-9H,7,10-11H2;1-7H,(H,11,12,13);3H,1-2H3. The number of hydrogen-bond acceptors (Lipinski definition) is 4. The second kappa shape index (κ2) is 11.5. The summed E-state index contributed by atoms with van der Waals surface area (Å²) in [6.07, 6.45) is 7.31. The number of aryl methyl sites for hydroxylation is 1. The van der Waals surface area contributed by atoms with Crippen molar-refractivity contribution >= 4 is 49.4 Å². The van der Waals surface area contributed by atoms with Crippen molar-refractivity contribution in [2.24, 2.45) is 0 Å². The highest BCUT2D eigenvalue weighted by Crippen LogP contribution is 2.38. The number of nitrogens with zero attached hydrogens (tertiary/aromatic N) is 1. The number of carbonyl (C=O) groups excluding carboxylic acids is 2. The van der Waals surface area contributed by atoms with Crippen molar-refractivity contribution in [3.05, 3.63) is 108 Å². The highest BCUT2D eigenvalue weighted by molar-refractivity contribution is 7.85. The van der Waals surface area contributed by atoms with E-state index in [9.17, 15) is 18.0 Å². The Kier molecular flexibility index (Phi) is 8.20. The van der Waals surface area contributed by atoms with E-state index in [4.69, 9.17) is 4.55 Å². The second-order valence-corrected chi connectivity index (χ2v) is 10.7. The Balaban J connectivity index is 0.000000156. The molecule has 0 unspecified atom stereocenters. The summed E-state index contributed by atoms with van der Waals surface area (Å²) in [5, 5.41) is 4.36. The number of Topliss-reactive ketones (excluding diaryl/α,β-unsaturated/α-hetero) is 1. The van der Waals surface area contributed by atoms with Crippen LogP contribution in [0.1, 0.15) is 24.0 Å². The lowest BCUT2D eigenvalue weighted by atomic mass is 9.79. The summed E-state index contributed by atoms with van der Waals surface area (Å²) in [6, 6.07) is 24.7. The van der Waals surface area contributed by atoms with Crippen LogP contribution in [0.4, 0.5) is 0 Å². The summed E-state index contributed by atoms with van der Waals surface area (Å²) in [7, 11) is -0.719. The van der Waals surface area contributed by atoms with Gasteiger partial charge in [0, 0.05) is 26.1 Å². The molecule has 0 radical (unpaired) electrons. The first kappa shape index (κ1) is 27.0. The van der Waals surface area contributed by atoms with Gasteiger partial charge in [-0.1, -0.05) is 78.9 Å². The van der Waals surface area contributed by atoms with E-state index in [0.29, 0.717) is 12.2 Å². The van der Waals surface area contributed by atoms with Crippen molar-refractivity contribution in [1.82, 2.24) is 4.90 Å².